The molecular formula is C58H78N12O19S2. The number of aromatic amines is 1. The number of nitrogens with two attached hydrogens (primary N) is 2. The topological polar surface area (TPSA) is 505 Å². The number of carbonyl (C=O) groups excluding carboxylic acids is 10. The van der Waals surface area contributed by atoms with E-state index in [1.807, 2.05) is 6.92 Å². The van der Waals surface area contributed by atoms with Crippen LogP contribution in [0.15, 0.2) is 79.0 Å². The van der Waals surface area contributed by atoms with Crippen LogP contribution in [0.1, 0.15) is 88.3 Å². The predicted octanol–water partition coefficient (Wildman–Crippen LogP) is -1.40. The monoisotopic (exact) mass is 1310 g/mol. The minimum Gasteiger partial charge on any atom is -0.508 e. The number of nitrogens with one attached hydrogen (secondary N) is 10. The number of thioether (sulfide) groups is 1. The summed E-state index contributed by atoms with van der Waals surface area (Å²) in [5.74, 6) is -13.0. The molecule has 91 heavy (non-hydrogen) atoms. The number of unbranched alkanes of at least 4 members (excludes halogenated alkanes) is 2. The third-order valence-corrected chi connectivity index (χ3v) is 14.8. The smallest absolute Gasteiger partial charge is 0.446 e. The molecule has 3 aromatic carbocycles. The number of hydrogen-bond donors (Lipinski definition) is 16. The fraction of sp³-hybridized carbons (Fsp3) is 0.448. The fourth-order valence-electron chi connectivity index (χ4n) is 9.04. The highest BCUT2D eigenvalue weighted by molar-refractivity contribution is 7.98. The molecule has 1 heterocycles. The first kappa shape index (κ1) is 74.1. The Morgan fingerprint density at radius 1 is 0.560 bits per heavy atom. The summed E-state index contributed by atoms with van der Waals surface area (Å²) in [5.41, 5.74) is 13.5. The molecule has 8 atom stereocenters. The van der Waals surface area contributed by atoms with Gasteiger partial charge >= 0.3 is 22.3 Å². The van der Waals surface area contributed by atoms with Crippen molar-refractivity contribution in [2.75, 3.05) is 25.1 Å². The minimum absolute atomic E-state index is 0.00237. The molecule has 0 fully saturated rings. The number of carbonyl (C=O) groups is 12. The first-order chi connectivity index (χ1) is 43.1. The third-order valence-electron chi connectivity index (χ3n) is 13.8. The van der Waals surface area contributed by atoms with E-state index >= 15 is 0 Å². The van der Waals surface area contributed by atoms with Gasteiger partial charge in [-0.2, -0.15) is 20.2 Å². The maximum Gasteiger partial charge on any atom is 0.446 e. The van der Waals surface area contributed by atoms with Crippen molar-refractivity contribution in [2.45, 2.75) is 139 Å². The molecule has 0 unspecified atom stereocenters. The Morgan fingerprint density at radius 2 is 1.01 bits per heavy atom. The molecule has 0 aliphatic carbocycles. The van der Waals surface area contributed by atoms with Crippen LogP contribution < -0.4 is 63.5 Å². The molecule has 0 bridgehead atoms. The molecule has 0 aliphatic rings. The van der Waals surface area contributed by atoms with Crippen molar-refractivity contribution in [1.82, 2.24) is 52.8 Å². The molecule has 18 N–H and O–H groups in total. The van der Waals surface area contributed by atoms with Gasteiger partial charge in [0, 0.05) is 29.9 Å². The number of fused-ring (bicyclic) bond motifs is 1. The van der Waals surface area contributed by atoms with Gasteiger partial charge in [-0.3, -0.25) is 62.1 Å². The Labute approximate surface area is 527 Å². The van der Waals surface area contributed by atoms with Gasteiger partial charge in [0.25, 0.3) is 0 Å². The van der Waals surface area contributed by atoms with E-state index in [0.29, 0.717) is 47.7 Å². The van der Waals surface area contributed by atoms with E-state index in [0.717, 1.165) is 12.1 Å². The van der Waals surface area contributed by atoms with Crippen LogP contribution in [-0.2, 0) is 87.2 Å². The number of carboxylic acids is 2. The largest absolute Gasteiger partial charge is 0.508 e. The Kier molecular flexibility index (Phi) is 30.1. The maximum absolute atomic E-state index is 14.4. The van der Waals surface area contributed by atoms with Gasteiger partial charge in [0.1, 0.15) is 53.8 Å². The highest BCUT2D eigenvalue weighted by atomic mass is 32.3. The molecule has 1 aromatic heterocycles. The van der Waals surface area contributed by atoms with Crippen LogP contribution in [0, 0.1) is 0 Å². The number of aromatic hydroxyl groups is 1. The van der Waals surface area contributed by atoms with E-state index in [2.05, 4.69) is 57.0 Å². The van der Waals surface area contributed by atoms with Crippen molar-refractivity contribution < 1.29 is 90.0 Å². The second kappa shape index (κ2) is 37.0. The summed E-state index contributed by atoms with van der Waals surface area (Å²) in [5, 5.41) is 51.5. The van der Waals surface area contributed by atoms with Crippen LogP contribution in [0.25, 0.3) is 10.9 Å². The van der Waals surface area contributed by atoms with Gasteiger partial charge in [-0.25, -0.2) is 0 Å². The predicted molar refractivity (Wildman–Crippen MR) is 329 cm³/mol. The average molecular weight is 1310 g/mol. The van der Waals surface area contributed by atoms with Crippen molar-refractivity contribution in [2.24, 2.45) is 11.5 Å². The van der Waals surface area contributed by atoms with Crippen molar-refractivity contribution in [3.05, 3.63) is 95.7 Å². The van der Waals surface area contributed by atoms with Crippen LogP contribution in [0.3, 0.4) is 0 Å². The molecule has 0 saturated carbocycles. The van der Waals surface area contributed by atoms with Gasteiger partial charge in [-0.1, -0.05) is 82.0 Å². The number of phenols is 1. The zero-order valence-corrected chi connectivity index (χ0v) is 51.7. The van der Waals surface area contributed by atoms with Crippen molar-refractivity contribution in [1.29, 1.82) is 0 Å². The Hall–Kier alpha value is -9.34. The lowest BCUT2D eigenvalue weighted by Gasteiger charge is -2.26. The lowest BCUT2D eigenvalue weighted by atomic mass is 10.0. The summed E-state index contributed by atoms with van der Waals surface area (Å²) in [7, 11) is -4.96. The second-order valence-electron chi connectivity index (χ2n) is 21.0. The maximum atomic E-state index is 14.4. The van der Waals surface area contributed by atoms with Gasteiger partial charge in [-0.05, 0) is 84.7 Å². The molecule has 4 rings (SSSR count). The van der Waals surface area contributed by atoms with Crippen molar-refractivity contribution in [3.8, 4) is 11.5 Å². The first-order valence-corrected chi connectivity index (χ1v) is 31.6. The lowest BCUT2D eigenvalue weighted by molar-refractivity contribution is -0.141. The average Bonchev–Trinajstić information content (AvgIpc) is 1.93. The highest BCUT2D eigenvalue weighted by Gasteiger charge is 2.35. The molecule has 33 heteroatoms. The van der Waals surface area contributed by atoms with E-state index in [4.69, 9.17) is 11.5 Å². The summed E-state index contributed by atoms with van der Waals surface area (Å²) in [6.07, 6.45) is 2.63. The Bertz CT molecular complexity index is 3310. The molecule has 0 saturated heterocycles. The molecule has 0 aliphatic heterocycles. The van der Waals surface area contributed by atoms with Crippen LogP contribution in [0.2, 0.25) is 0 Å². The van der Waals surface area contributed by atoms with Crippen LogP contribution >= 0.6 is 11.8 Å². The number of aliphatic carboxylic acids is 2. The summed E-state index contributed by atoms with van der Waals surface area (Å²) < 4.78 is 36.4. The number of hydrogen-bond acceptors (Lipinski definition) is 18. The van der Waals surface area contributed by atoms with Crippen LogP contribution in [0.4, 0.5) is 0 Å². The molecular weight excluding hydrogens is 1230 g/mol. The SMILES string of the molecule is CCCC[C@H](NC(=O)[C@H](CC(=O)O)NC(=O)[C@H](CCSC)NC(=O)[C@H](Cc1c[nH]c2ccccc12)NC(=O)CNC(=O)[C@H](CCCC)NC(=O)[C@H](Cc1ccc(OS(=O)(=O)O)cc1)NC(=O)[C@H](CC(=O)O)NC(=O)CNC(=O)[C@H](N)Cc1ccc(O)cc1)C(N)=O. The second-order valence-corrected chi connectivity index (χ2v) is 23.1. The number of benzene rings is 3. The number of para-hydroxylation sites is 1. The standard InChI is InChI=1S/C58H78N12O19S2/c1-4-6-11-40(51(60)78)66-58(85)46(28-50(76)77)70-54(81)42(22-23-90-3)68-56(83)44(26-34-29-61-39-13-9-8-10-37(34)39)64-48(73)31-63-53(80)41(12-7-5-2)67-55(82)43(25-33-16-20-36(21-17-33)89-91(86,87)88)69-57(84)45(27-49(74)75)65-47(72)30-62-52(79)38(59)24-32-14-18-35(71)19-15-32/h8-10,13-21,29,38,40-46,61,71H,4-7,11-12,22-28,30-31,59H2,1-3H3,(H2,60,78)(H,62,79)(H,63,80)(H,64,73)(H,65,72)(H,66,85)(H,67,82)(H,68,83)(H,69,84)(H,70,81)(H,74,75)(H,76,77)(H,86,87,88)/t38-,40+,41+,42+,43+,44+,45+,46+/m1/s1. The fourth-order valence-corrected chi connectivity index (χ4v) is 9.87. The number of phenolic OH excluding ortho intramolecular Hbond substituents is 1. The van der Waals surface area contributed by atoms with E-state index < -0.39 is 162 Å². The molecule has 4 aromatic rings. The minimum atomic E-state index is -4.96. The normalized spacial score (nSPS) is 13.8. The van der Waals surface area contributed by atoms with E-state index in [1.54, 1.807) is 43.6 Å². The number of amides is 10. The number of H-pyrrole nitrogens is 1. The van der Waals surface area contributed by atoms with E-state index in [-0.39, 0.29) is 54.9 Å². The molecule has 0 spiro atoms. The molecule has 31 nitrogen and oxygen atoms in total. The number of rotatable bonds is 40. The van der Waals surface area contributed by atoms with Gasteiger partial charge < -0.3 is 83.8 Å². The van der Waals surface area contributed by atoms with Crippen LogP contribution in [0.5, 0.6) is 11.5 Å². The Morgan fingerprint density at radius 3 is 1.56 bits per heavy atom. The van der Waals surface area contributed by atoms with Gasteiger partial charge in [0.2, 0.25) is 59.1 Å². The highest BCUT2D eigenvalue weighted by Crippen LogP contribution is 2.21. The van der Waals surface area contributed by atoms with E-state index in [1.165, 1.54) is 48.2 Å². The number of primary amides is 1. The summed E-state index contributed by atoms with van der Waals surface area (Å²) in [6, 6.07) is 5.50. The molecule has 0 radical (unpaired) electrons. The van der Waals surface area contributed by atoms with Crippen molar-refractivity contribution in [3.63, 3.8) is 0 Å². The summed E-state index contributed by atoms with van der Waals surface area (Å²) >= 11 is 1.29. The third kappa shape index (κ3) is 26.3. The van der Waals surface area contributed by atoms with Gasteiger partial charge in [-0.15, -0.1) is 0 Å². The molecule has 496 valence electrons. The van der Waals surface area contributed by atoms with E-state index in [9.17, 15) is 85.8 Å². The van der Waals surface area contributed by atoms with Crippen molar-refractivity contribution >= 4 is 104 Å². The molecule has 10 amide bonds. The quantitative estimate of drug-likeness (QED) is 0.0228. The lowest BCUT2D eigenvalue weighted by Crippen LogP contribution is -2.59. The summed E-state index contributed by atoms with van der Waals surface area (Å²) in [4.78, 5) is 163. The number of aromatic nitrogens is 1. The number of carboxylic acid groups (broad SMARTS) is 2. The zero-order valence-electron chi connectivity index (χ0n) is 50.1. The zero-order chi connectivity index (χ0) is 67.4. The Balaban J connectivity index is 1.57. The van der Waals surface area contributed by atoms with Gasteiger partial charge in [0.05, 0.1) is 32.0 Å². The first-order valence-electron chi connectivity index (χ1n) is 28.8. The van der Waals surface area contributed by atoms with Gasteiger partial charge in [0.15, 0.2) is 0 Å². The summed E-state index contributed by atoms with van der Waals surface area (Å²) in [6.45, 7) is 2.01. The van der Waals surface area contributed by atoms with Crippen LogP contribution in [-0.4, -0.2) is 178 Å².